The Kier molecular flexibility index (Phi) is 3.25. The van der Waals surface area contributed by atoms with E-state index < -0.39 is 11.2 Å². The molecular weight excluding hydrogens is 204 g/mol. The lowest BCUT2D eigenvalue weighted by Crippen LogP contribution is -2.06. The van der Waals surface area contributed by atoms with E-state index in [0.717, 1.165) is 0 Å². The van der Waals surface area contributed by atoms with E-state index in [1.54, 1.807) is 25.1 Å². The van der Waals surface area contributed by atoms with E-state index in [-0.39, 0.29) is 0 Å². The number of hydrogen-bond donors (Lipinski definition) is 0. The van der Waals surface area contributed by atoms with Crippen molar-refractivity contribution in [3.8, 4) is 0 Å². The highest BCUT2D eigenvalue weighted by Gasteiger charge is 2.14. The molecule has 0 heterocycles. The number of ether oxygens (including phenoxy) is 1. The average molecular weight is 213 g/mol. The van der Waals surface area contributed by atoms with Gasteiger partial charge in [0, 0.05) is 5.56 Å². The lowest BCUT2D eigenvalue weighted by molar-refractivity contribution is 0.0600. The zero-order valence-electron chi connectivity index (χ0n) is 7.83. The Morgan fingerprint density at radius 1 is 1.29 bits per heavy atom. The number of hydrogen-bond acceptors (Lipinski definition) is 3. The van der Waals surface area contributed by atoms with Crippen LogP contribution in [0.3, 0.4) is 0 Å². The Morgan fingerprint density at radius 3 is 2.36 bits per heavy atom. The number of carbonyl (C=O) groups is 2. The van der Waals surface area contributed by atoms with Crippen molar-refractivity contribution in [2.24, 2.45) is 0 Å². The first-order valence-corrected chi connectivity index (χ1v) is 4.33. The third-order valence-electron chi connectivity index (χ3n) is 1.95. The molecule has 0 spiro atoms. The molecule has 0 aliphatic heterocycles. The van der Waals surface area contributed by atoms with Gasteiger partial charge in [0.15, 0.2) is 0 Å². The van der Waals surface area contributed by atoms with Crippen molar-refractivity contribution in [3.05, 3.63) is 34.9 Å². The van der Waals surface area contributed by atoms with Gasteiger partial charge in [0.1, 0.15) is 0 Å². The second-order valence-electron chi connectivity index (χ2n) is 2.74. The van der Waals surface area contributed by atoms with Crippen molar-refractivity contribution in [2.75, 3.05) is 7.11 Å². The van der Waals surface area contributed by atoms with Crippen molar-refractivity contribution in [2.45, 2.75) is 6.92 Å². The molecule has 74 valence electrons. The average Bonchev–Trinajstić information content (AvgIpc) is 2.16. The van der Waals surface area contributed by atoms with Gasteiger partial charge >= 0.3 is 5.97 Å². The second-order valence-corrected chi connectivity index (χ2v) is 3.09. The van der Waals surface area contributed by atoms with Crippen molar-refractivity contribution < 1.29 is 14.3 Å². The number of methoxy groups -OCH3 is 1. The molecule has 1 aromatic carbocycles. The molecule has 0 aliphatic rings. The van der Waals surface area contributed by atoms with Crippen LogP contribution in [0.5, 0.6) is 0 Å². The molecule has 0 unspecified atom stereocenters. The fraction of sp³-hybridized carbons (Fsp3) is 0.200. The molecule has 14 heavy (non-hydrogen) atoms. The lowest BCUT2D eigenvalue weighted by atomic mass is 10.0. The van der Waals surface area contributed by atoms with Gasteiger partial charge in [0.25, 0.3) is 5.24 Å². The molecule has 1 rings (SSSR count). The number of halogens is 1. The standard InChI is InChI=1S/C10H9ClO3/c1-6-7(9(11)12)4-3-5-8(6)10(13)14-2/h3-5H,1-2H3. The number of carbonyl (C=O) groups excluding carboxylic acids is 2. The summed E-state index contributed by atoms with van der Waals surface area (Å²) in [4.78, 5) is 22.2. The highest BCUT2D eigenvalue weighted by Crippen LogP contribution is 2.16. The maximum absolute atomic E-state index is 11.2. The molecule has 0 radical (unpaired) electrons. The van der Waals surface area contributed by atoms with Crippen LogP contribution in [-0.2, 0) is 4.74 Å². The molecule has 3 nitrogen and oxygen atoms in total. The molecule has 0 aliphatic carbocycles. The Hall–Kier alpha value is -1.35. The largest absolute Gasteiger partial charge is 0.465 e. The van der Waals surface area contributed by atoms with Crippen molar-refractivity contribution >= 4 is 22.8 Å². The van der Waals surface area contributed by atoms with E-state index >= 15 is 0 Å². The van der Waals surface area contributed by atoms with Gasteiger partial charge in [-0.15, -0.1) is 0 Å². The summed E-state index contributed by atoms with van der Waals surface area (Å²) in [5, 5.41) is -0.576. The van der Waals surface area contributed by atoms with Gasteiger partial charge in [-0.05, 0) is 36.2 Å². The molecule has 4 heteroatoms. The first-order valence-electron chi connectivity index (χ1n) is 3.95. The van der Waals surface area contributed by atoms with Gasteiger partial charge in [-0.2, -0.15) is 0 Å². The maximum atomic E-state index is 11.2. The number of esters is 1. The van der Waals surface area contributed by atoms with Crippen LogP contribution in [0.2, 0.25) is 0 Å². The predicted octanol–water partition coefficient (Wildman–Crippen LogP) is 2.16. The summed E-state index contributed by atoms with van der Waals surface area (Å²) >= 11 is 5.34. The third-order valence-corrected chi connectivity index (χ3v) is 2.15. The Balaban J connectivity index is 3.27. The van der Waals surface area contributed by atoms with Crippen LogP contribution < -0.4 is 0 Å². The van der Waals surface area contributed by atoms with Crippen LogP contribution in [0.15, 0.2) is 18.2 Å². The fourth-order valence-corrected chi connectivity index (χ4v) is 1.38. The van der Waals surface area contributed by atoms with Gasteiger partial charge < -0.3 is 4.74 Å². The van der Waals surface area contributed by atoms with Gasteiger partial charge in [0.05, 0.1) is 12.7 Å². The van der Waals surface area contributed by atoms with Gasteiger partial charge in [-0.25, -0.2) is 4.79 Å². The zero-order chi connectivity index (χ0) is 10.7. The van der Waals surface area contributed by atoms with Gasteiger partial charge in [0.2, 0.25) is 0 Å². The van der Waals surface area contributed by atoms with Gasteiger partial charge in [-0.1, -0.05) is 6.07 Å². The highest BCUT2D eigenvalue weighted by atomic mass is 35.5. The fourth-order valence-electron chi connectivity index (χ4n) is 1.18. The van der Waals surface area contributed by atoms with E-state index in [1.165, 1.54) is 7.11 Å². The molecule has 0 saturated heterocycles. The SMILES string of the molecule is COC(=O)c1cccc(C(=O)Cl)c1C. The van der Waals surface area contributed by atoms with Crippen molar-refractivity contribution in [1.29, 1.82) is 0 Å². The predicted molar refractivity (Wildman–Crippen MR) is 52.7 cm³/mol. The van der Waals surface area contributed by atoms with Crippen molar-refractivity contribution in [3.63, 3.8) is 0 Å². The quantitative estimate of drug-likeness (QED) is 0.557. The minimum Gasteiger partial charge on any atom is -0.465 e. The maximum Gasteiger partial charge on any atom is 0.338 e. The molecule has 0 atom stereocenters. The first-order chi connectivity index (χ1) is 6.57. The molecule has 0 amide bonds. The molecular formula is C10H9ClO3. The highest BCUT2D eigenvalue weighted by molar-refractivity contribution is 6.68. The van der Waals surface area contributed by atoms with Crippen LogP contribution in [0.25, 0.3) is 0 Å². The molecule has 0 aromatic heterocycles. The van der Waals surface area contributed by atoms with Crippen LogP contribution in [-0.4, -0.2) is 18.3 Å². The molecule has 0 fully saturated rings. The van der Waals surface area contributed by atoms with E-state index in [1.807, 2.05) is 0 Å². The van der Waals surface area contributed by atoms with E-state index in [9.17, 15) is 9.59 Å². The molecule has 0 bridgehead atoms. The van der Waals surface area contributed by atoms with E-state index in [2.05, 4.69) is 4.74 Å². The summed E-state index contributed by atoms with van der Waals surface area (Å²) in [6.07, 6.45) is 0. The normalized spacial score (nSPS) is 9.64. The summed E-state index contributed by atoms with van der Waals surface area (Å²) in [7, 11) is 1.29. The number of rotatable bonds is 2. The zero-order valence-corrected chi connectivity index (χ0v) is 8.59. The van der Waals surface area contributed by atoms with Gasteiger partial charge in [-0.3, -0.25) is 4.79 Å². The van der Waals surface area contributed by atoms with Crippen LogP contribution in [0, 0.1) is 6.92 Å². The lowest BCUT2D eigenvalue weighted by Gasteiger charge is -2.05. The van der Waals surface area contributed by atoms with Crippen LogP contribution in [0.1, 0.15) is 26.3 Å². The third kappa shape index (κ3) is 1.93. The monoisotopic (exact) mass is 212 g/mol. The summed E-state index contributed by atoms with van der Waals surface area (Å²) in [6.45, 7) is 1.65. The summed E-state index contributed by atoms with van der Waals surface area (Å²) in [5.41, 5.74) is 1.23. The van der Waals surface area contributed by atoms with Crippen molar-refractivity contribution in [1.82, 2.24) is 0 Å². The number of benzene rings is 1. The Labute approximate surface area is 86.6 Å². The van der Waals surface area contributed by atoms with Crippen LogP contribution in [0.4, 0.5) is 0 Å². The van der Waals surface area contributed by atoms with E-state index in [0.29, 0.717) is 16.7 Å². The second kappa shape index (κ2) is 4.24. The summed E-state index contributed by atoms with van der Waals surface area (Å²) in [5.74, 6) is -0.470. The molecule has 0 saturated carbocycles. The van der Waals surface area contributed by atoms with E-state index in [4.69, 9.17) is 11.6 Å². The summed E-state index contributed by atoms with van der Waals surface area (Å²) in [6, 6.07) is 4.75. The Bertz CT molecular complexity index is 385. The topological polar surface area (TPSA) is 43.4 Å². The Morgan fingerprint density at radius 2 is 1.86 bits per heavy atom. The minimum absolute atomic E-state index is 0.328. The smallest absolute Gasteiger partial charge is 0.338 e. The summed E-state index contributed by atoms with van der Waals surface area (Å²) < 4.78 is 4.56. The van der Waals surface area contributed by atoms with Crippen LogP contribution >= 0.6 is 11.6 Å². The first kappa shape index (κ1) is 10.7. The minimum atomic E-state index is -0.576. The molecule has 0 N–H and O–H groups in total. The molecule has 1 aromatic rings.